The topological polar surface area (TPSA) is 49.5 Å². The number of likely N-dealkylation sites (N-methyl/N-ethyl adjacent to an activating group) is 1. The van der Waals surface area contributed by atoms with Crippen LogP contribution in [0.2, 0.25) is 0 Å². The van der Waals surface area contributed by atoms with E-state index in [0.29, 0.717) is 22.4 Å². The summed E-state index contributed by atoms with van der Waals surface area (Å²) in [5.74, 6) is -0.369. The van der Waals surface area contributed by atoms with Gasteiger partial charge in [-0.3, -0.25) is 0 Å². The molecule has 0 aliphatic rings. The fraction of sp³-hybridized carbons (Fsp3) is 0.455. The molecule has 16 heavy (non-hydrogen) atoms. The normalized spacial score (nSPS) is 11.6. The summed E-state index contributed by atoms with van der Waals surface area (Å²) in [7, 11) is 1.76. The molecule has 0 unspecified atom stereocenters. The molecule has 0 atom stereocenters. The second kappa shape index (κ2) is 4.59. The minimum atomic E-state index is -0.856. The summed E-state index contributed by atoms with van der Waals surface area (Å²) in [4.78, 5) is 1.73. The molecule has 0 saturated carbocycles. The lowest BCUT2D eigenvalue weighted by atomic mass is 10.1. The minimum absolute atomic E-state index is 0.338. The van der Waals surface area contributed by atoms with E-state index in [9.17, 15) is 9.50 Å². The van der Waals surface area contributed by atoms with E-state index >= 15 is 0 Å². The molecule has 0 heterocycles. The Morgan fingerprint density at radius 2 is 2.06 bits per heavy atom. The number of halogens is 2. The van der Waals surface area contributed by atoms with Crippen molar-refractivity contribution in [1.29, 1.82) is 0 Å². The van der Waals surface area contributed by atoms with Crippen molar-refractivity contribution in [3.05, 3.63) is 22.4 Å². The van der Waals surface area contributed by atoms with Gasteiger partial charge in [0.2, 0.25) is 0 Å². The number of nitrogens with two attached hydrogens (primary N) is 1. The highest BCUT2D eigenvalue weighted by molar-refractivity contribution is 9.10. The van der Waals surface area contributed by atoms with Crippen molar-refractivity contribution in [2.45, 2.75) is 19.4 Å². The second-order valence-electron chi connectivity index (χ2n) is 4.49. The first-order chi connectivity index (χ1) is 7.20. The van der Waals surface area contributed by atoms with Crippen molar-refractivity contribution in [3.63, 3.8) is 0 Å². The molecule has 1 rings (SSSR count). The maximum Gasteiger partial charge on any atom is 0.139 e. The number of hydrogen-bond donors (Lipinski definition) is 2. The molecule has 0 spiro atoms. The first-order valence-corrected chi connectivity index (χ1v) is 5.68. The lowest BCUT2D eigenvalue weighted by molar-refractivity contribution is 0.0886. The molecule has 0 aliphatic heterocycles. The monoisotopic (exact) mass is 290 g/mol. The van der Waals surface area contributed by atoms with Crippen molar-refractivity contribution in [3.8, 4) is 0 Å². The van der Waals surface area contributed by atoms with Crippen molar-refractivity contribution in [2.75, 3.05) is 24.2 Å². The summed E-state index contributed by atoms with van der Waals surface area (Å²) in [5.41, 5.74) is 5.98. The van der Waals surface area contributed by atoms with E-state index in [4.69, 9.17) is 5.73 Å². The molecule has 0 radical (unpaired) electrons. The van der Waals surface area contributed by atoms with Crippen LogP contribution in [0, 0.1) is 5.82 Å². The van der Waals surface area contributed by atoms with Crippen molar-refractivity contribution >= 4 is 27.3 Å². The Balaban J connectivity index is 3.00. The highest BCUT2D eigenvalue weighted by atomic mass is 79.9. The number of nitrogens with zero attached hydrogens (tertiary/aromatic N) is 1. The van der Waals surface area contributed by atoms with Gasteiger partial charge in [0.15, 0.2) is 0 Å². The number of benzene rings is 1. The van der Waals surface area contributed by atoms with E-state index in [1.165, 1.54) is 12.1 Å². The van der Waals surface area contributed by atoms with E-state index in [1.54, 1.807) is 25.8 Å². The molecule has 0 bridgehead atoms. The molecule has 1 aromatic carbocycles. The zero-order chi connectivity index (χ0) is 12.5. The van der Waals surface area contributed by atoms with E-state index in [2.05, 4.69) is 15.9 Å². The zero-order valence-corrected chi connectivity index (χ0v) is 11.2. The van der Waals surface area contributed by atoms with Gasteiger partial charge in [0, 0.05) is 19.7 Å². The highest BCUT2D eigenvalue weighted by Gasteiger charge is 2.18. The third-order valence-corrected chi connectivity index (χ3v) is 2.71. The van der Waals surface area contributed by atoms with Crippen LogP contribution in [0.4, 0.5) is 15.8 Å². The first-order valence-electron chi connectivity index (χ1n) is 4.89. The molecule has 0 fully saturated rings. The van der Waals surface area contributed by atoms with Gasteiger partial charge in [-0.05, 0) is 35.8 Å². The Bertz CT molecular complexity index is 390. The van der Waals surface area contributed by atoms with E-state index in [1.807, 2.05) is 0 Å². The fourth-order valence-corrected chi connectivity index (χ4v) is 1.91. The third-order valence-electron chi connectivity index (χ3n) is 2.10. The van der Waals surface area contributed by atoms with Gasteiger partial charge in [-0.15, -0.1) is 0 Å². The molecule has 0 saturated heterocycles. The Hall–Kier alpha value is -0.810. The molecular formula is C11H16BrFN2O. The average molecular weight is 291 g/mol. The number of rotatable bonds is 3. The largest absolute Gasteiger partial charge is 0.397 e. The Labute approximate surface area is 103 Å². The molecular weight excluding hydrogens is 275 g/mol. The van der Waals surface area contributed by atoms with Crippen molar-refractivity contribution in [2.24, 2.45) is 0 Å². The van der Waals surface area contributed by atoms with Crippen LogP contribution < -0.4 is 10.6 Å². The maximum absolute atomic E-state index is 13.4. The molecule has 0 amide bonds. The quantitative estimate of drug-likeness (QED) is 0.841. The van der Waals surface area contributed by atoms with Gasteiger partial charge in [0.1, 0.15) is 5.82 Å². The summed E-state index contributed by atoms with van der Waals surface area (Å²) < 4.78 is 13.7. The maximum atomic E-state index is 13.4. The fourth-order valence-electron chi connectivity index (χ4n) is 1.55. The first kappa shape index (κ1) is 13.3. The summed E-state index contributed by atoms with van der Waals surface area (Å²) in [5, 5.41) is 9.68. The second-order valence-corrected chi connectivity index (χ2v) is 5.35. The van der Waals surface area contributed by atoms with Gasteiger partial charge in [-0.1, -0.05) is 0 Å². The predicted octanol–water partition coefficient (Wildman–Crippen LogP) is 2.38. The standard InChI is InChI=1S/C11H16BrFN2O/c1-11(2,16)6-15(3)10-5-8(13)7(12)4-9(10)14/h4-5,16H,6,14H2,1-3H3. The van der Waals surface area contributed by atoms with Gasteiger partial charge < -0.3 is 15.7 Å². The van der Waals surface area contributed by atoms with E-state index in [0.717, 1.165) is 0 Å². The third kappa shape index (κ3) is 3.35. The number of anilines is 2. The van der Waals surface area contributed by atoms with E-state index in [-0.39, 0.29) is 5.82 Å². The molecule has 90 valence electrons. The number of aliphatic hydroxyl groups is 1. The van der Waals surface area contributed by atoms with Crippen molar-refractivity contribution in [1.82, 2.24) is 0 Å². The zero-order valence-electron chi connectivity index (χ0n) is 9.59. The highest BCUT2D eigenvalue weighted by Crippen LogP contribution is 2.29. The SMILES string of the molecule is CN(CC(C)(C)O)c1cc(F)c(Br)cc1N. The molecule has 3 N–H and O–H groups in total. The summed E-state index contributed by atoms with van der Waals surface area (Å²) >= 11 is 3.07. The van der Waals surface area contributed by atoms with Crippen LogP contribution >= 0.6 is 15.9 Å². The molecule has 3 nitrogen and oxygen atoms in total. The van der Waals surface area contributed by atoms with Crippen LogP contribution in [0.1, 0.15) is 13.8 Å². The van der Waals surface area contributed by atoms with Gasteiger partial charge >= 0.3 is 0 Å². The Kier molecular flexibility index (Phi) is 3.80. The lowest BCUT2D eigenvalue weighted by Crippen LogP contribution is -2.36. The van der Waals surface area contributed by atoms with Gasteiger partial charge in [0.05, 0.1) is 21.4 Å². The number of nitrogen functional groups attached to an aromatic ring is 1. The van der Waals surface area contributed by atoms with Gasteiger partial charge in [-0.2, -0.15) is 0 Å². The Morgan fingerprint density at radius 3 is 2.56 bits per heavy atom. The average Bonchev–Trinajstić information content (AvgIpc) is 2.08. The molecule has 0 aliphatic carbocycles. The van der Waals surface area contributed by atoms with Crippen LogP contribution in [0.3, 0.4) is 0 Å². The minimum Gasteiger partial charge on any atom is -0.397 e. The number of hydrogen-bond acceptors (Lipinski definition) is 3. The lowest BCUT2D eigenvalue weighted by Gasteiger charge is -2.28. The Morgan fingerprint density at radius 1 is 1.50 bits per heavy atom. The summed E-state index contributed by atoms with van der Waals surface area (Å²) in [6, 6.07) is 2.87. The molecule has 0 aromatic heterocycles. The predicted molar refractivity (Wildman–Crippen MR) is 68.1 cm³/mol. The summed E-state index contributed by atoms with van der Waals surface area (Å²) in [6.45, 7) is 3.75. The smallest absolute Gasteiger partial charge is 0.139 e. The molecule has 1 aromatic rings. The molecule has 5 heteroatoms. The van der Waals surface area contributed by atoms with Crippen LogP contribution in [0.5, 0.6) is 0 Å². The summed E-state index contributed by atoms with van der Waals surface area (Å²) in [6.07, 6.45) is 0. The van der Waals surface area contributed by atoms with Crippen LogP contribution in [0.15, 0.2) is 16.6 Å². The van der Waals surface area contributed by atoms with Gasteiger partial charge in [-0.25, -0.2) is 4.39 Å². The van der Waals surface area contributed by atoms with Crippen LogP contribution in [-0.4, -0.2) is 24.3 Å². The van der Waals surface area contributed by atoms with Gasteiger partial charge in [0.25, 0.3) is 0 Å². The van der Waals surface area contributed by atoms with Crippen molar-refractivity contribution < 1.29 is 9.50 Å². The van der Waals surface area contributed by atoms with Crippen LogP contribution in [-0.2, 0) is 0 Å². The van der Waals surface area contributed by atoms with E-state index < -0.39 is 5.60 Å². The van der Waals surface area contributed by atoms with Crippen LogP contribution in [0.25, 0.3) is 0 Å².